The van der Waals surface area contributed by atoms with Crippen molar-refractivity contribution in [1.82, 2.24) is 19.5 Å². The second-order valence-corrected chi connectivity index (χ2v) is 17.5. The number of allylic oxidation sites excluding steroid dienone is 4. The van der Waals surface area contributed by atoms with E-state index < -0.39 is 0 Å². The lowest BCUT2D eigenvalue weighted by molar-refractivity contribution is 0.669. The van der Waals surface area contributed by atoms with Gasteiger partial charge in [0, 0.05) is 55.3 Å². The predicted octanol–water partition coefficient (Wildman–Crippen LogP) is 16.2. The van der Waals surface area contributed by atoms with Crippen LogP contribution in [0.1, 0.15) is 29.3 Å². The molecular weight excluding hydrogens is 829 g/mol. The average molecular weight is 871 g/mol. The molecule has 0 amide bonds. The summed E-state index contributed by atoms with van der Waals surface area (Å²) in [7, 11) is 0. The number of furan rings is 1. The van der Waals surface area contributed by atoms with Crippen LogP contribution in [-0.4, -0.2) is 19.5 Å². The minimum atomic E-state index is 0.132. The van der Waals surface area contributed by atoms with Crippen LogP contribution in [0.15, 0.2) is 241 Å². The van der Waals surface area contributed by atoms with Crippen LogP contribution in [0.5, 0.6) is 0 Å². The van der Waals surface area contributed by atoms with Crippen molar-refractivity contribution in [3.63, 3.8) is 0 Å². The number of nitrogens with zero attached hydrogens (tertiary/aromatic N) is 4. The minimum Gasteiger partial charge on any atom is -0.456 e. The van der Waals surface area contributed by atoms with E-state index in [2.05, 4.69) is 211 Å². The first kappa shape index (κ1) is 39.4. The number of para-hydroxylation sites is 2. The van der Waals surface area contributed by atoms with Crippen LogP contribution in [0.25, 0.3) is 106 Å². The van der Waals surface area contributed by atoms with Crippen LogP contribution in [-0.2, 0) is 0 Å². The van der Waals surface area contributed by atoms with E-state index in [1.54, 1.807) is 0 Å². The van der Waals surface area contributed by atoms with Gasteiger partial charge < -0.3 is 8.98 Å². The quantitative estimate of drug-likeness (QED) is 0.153. The van der Waals surface area contributed by atoms with E-state index in [1.807, 2.05) is 30.3 Å². The van der Waals surface area contributed by atoms with Crippen molar-refractivity contribution in [3.05, 3.63) is 254 Å². The fourth-order valence-corrected chi connectivity index (χ4v) is 10.2. The molecule has 0 saturated carbocycles. The number of benzene rings is 9. The first-order valence-corrected chi connectivity index (χ1v) is 23.2. The highest BCUT2D eigenvalue weighted by Gasteiger charge is 2.26. The van der Waals surface area contributed by atoms with Crippen molar-refractivity contribution < 1.29 is 4.42 Å². The van der Waals surface area contributed by atoms with E-state index in [1.165, 1.54) is 16.7 Å². The lowest BCUT2D eigenvalue weighted by atomic mass is 9.83. The van der Waals surface area contributed by atoms with Gasteiger partial charge in [-0.2, -0.15) is 0 Å². The normalized spacial score (nSPS) is 13.9. The number of fused-ring (bicyclic) bond motifs is 6. The summed E-state index contributed by atoms with van der Waals surface area (Å²) in [6, 6.07) is 79.2. The van der Waals surface area contributed by atoms with Gasteiger partial charge in [-0.25, -0.2) is 15.0 Å². The third kappa shape index (κ3) is 6.92. The predicted molar refractivity (Wildman–Crippen MR) is 279 cm³/mol. The maximum atomic E-state index is 6.49. The lowest BCUT2D eigenvalue weighted by Gasteiger charge is -2.23. The highest BCUT2D eigenvalue weighted by atomic mass is 16.3. The molecule has 0 spiro atoms. The monoisotopic (exact) mass is 870 g/mol. The largest absolute Gasteiger partial charge is 0.456 e. The maximum absolute atomic E-state index is 6.49. The van der Waals surface area contributed by atoms with Crippen LogP contribution in [0.3, 0.4) is 0 Å². The Balaban J connectivity index is 1.10. The van der Waals surface area contributed by atoms with Crippen molar-refractivity contribution in [3.8, 4) is 50.7 Å². The van der Waals surface area contributed by atoms with Crippen LogP contribution < -0.4 is 0 Å². The number of aromatic nitrogens is 4. The van der Waals surface area contributed by atoms with Gasteiger partial charge in [0.25, 0.3) is 0 Å². The fraction of sp³-hybridized carbons (Fsp3) is 0.0317. The van der Waals surface area contributed by atoms with E-state index >= 15 is 0 Å². The number of rotatable bonds is 8. The molecule has 5 heteroatoms. The highest BCUT2D eigenvalue weighted by Crippen LogP contribution is 2.46. The number of hydrogen-bond donors (Lipinski definition) is 0. The standard InChI is InChI=1S/C63H42N4O/c1-6-20-41(21-7-1)46-34-47(42-22-8-2-9-23-42)36-48(35-46)62-64-61(45-28-14-5-15-29-45)65-63(66-62)49-37-52(43-24-10-3-11-25-43)60(53(38-49)44-26-12-4-13-27-44)67-56-32-18-16-30-50(56)54-40-59-55(39-57(54)67)51-31-17-19-33-58(51)68-59/h1-33,35-40,46H,34H2/t46-/m0/s1. The van der Waals surface area contributed by atoms with Gasteiger partial charge in [0.15, 0.2) is 17.5 Å². The van der Waals surface area contributed by atoms with E-state index in [0.717, 1.165) is 94.8 Å². The van der Waals surface area contributed by atoms with Gasteiger partial charge in [-0.15, -0.1) is 0 Å². The Bertz CT molecular complexity index is 3850. The molecule has 0 radical (unpaired) electrons. The third-order valence-electron chi connectivity index (χ3n) is 13.4. The summed E-state index contributed by atoms with van der Waals surface area (Å²) >= 11 is 0. The third-order valence-corrected chi connectivity index (χ3v) is 13.4. The Morgan fingerprint density at radius 1 is 0.397 bits per heavy atom. The summed E-state index contributed by atoms with van der Waals surface area (Å²) in [6.07, 6.45) is 5.49. The first-order valence-electron chi connectivity index (χ1n) is 23.2. The zero-order valence-corrected chi connectivity index (χ0v) is 37.0. The summed E-state index contributed by atoms with van der Waals surface area (Å²) < 4.78 is 8.95. The average Bonchev–Trinajstić information content (AvgIpc) is 3.95. The van der Waals surface area contributed by atoms with Gasteiger partial charge in [0.05, 0.1) is 16.7 Å². The van der Waals surface area contributed by atoms with E-state index in [4.69, 9.17) is 19.4 Å². The summed E-state index contributed by atoms with van der Waals surface area (Å²) in [5, 5.41) is 4.45. The zero-order chi connectivity index (χ0) is 45.0. The van der Waals surface area contributed by atoms with Gasteiger partial charge in [0.2, 0.25) is 0 Å². The molecule has 3 aromatic heterocycles. The Morgan fingerprint density at radius 3 is 1.59 bits per heavy atom. The van der Waals surface area contributed by atoms with Gasteiger partial charge in [-0.3, -0.25) is 0 Å². The molecule has 0 fully saturated rings. The Kier molecular flexibility index (Phi) is 9.57. The highest BCUT2D eigenvalue weighted by molar-refractivity contribution is 6.18. The molecule has 12 aromatic rings. The van der Waals surface area contributed by atoms with Crippen molar-refractivity contribution in [2.24, 2.45) is 0 Å². The van der Waals surface area contributed by atoms with Crippen molar-refractivity contribution in [2.45, 2.75) is 12.3 Å². The van der Waals surface area contributed by atoms with Gasteiger partial charge in [-0.05, 0) is 76.7 Å². The van der Waals surface area contributed by atoms with Gasteiger partial charge >= 0.3 is 0 Å². The summed E-state index contributed by atoms with van der Waals surface area (Å²) in [5.41, 5.74) is 15.8. The molecule has 1 atom stereocenters. The second-order valence-electron chi connectivity index (χ2n) is 17.5. The minimum absolute atomic E-state index is 0.132. The molecule has 0 bridgehead atoms. The van der Waals surface area contributed by atoms with Gasteiger partial charge in [0.1, 0.15) is 11.2 Å². The molecule has 1 aliphatic rings. The van der Waals surface area contributed by atoms with E-state index in [9.17, 15) is 0 Å². The van der Waals surface area contributed by atoms with Crippen LogP contribution >= 0.6 is 0 Å². The van der Waals surface area contributed by atoms with Crippen LogP contribution in [0.4, 0.5) is 0 Å². The molecule has 0 unspecified atom stereocenters. The molecule has 13 rings (SSSR count). The summed E-state index contributed by atoms with van der Waals surface area (Å²) in [6.45, 7) is 0. The smallest absolute Gasteiger partial charge is 0.164 e. The summed E-state index contributed by atoms with van der Waals surface area (Å²) in [5.74, 6) is 1.98. The molecule has 9 aromatic carbocycles. The van der Waals surface area contributed by atoms with Crippen molar-refractivity contribution in [1.29, 1.82) is 0 Å². The van der Waals surface area contributed by atoms with Crippen molar-refractivity contribution in [2.75, 3.05) is 0 Å². The molecule has 3 heterocycles. The molecule has 5 nitrogen and oxygen atoms in total. The summed E-state index contributed by atoms with van der Waals surface area (Å²) in [4.78, 5) is 16.1. The topological polar surface area (TPSA) is 56.7 Å². The molecular formula is C63H42N4O. The second kappa shape index (κ2) is 16.5. The zero-order valence-electron chi connectivity index (χ0n) is 37.0. The molecule has 68 heavy (non-hydrogen) atoms. The molecule has 0 aliphatic heterocycles. The van der Waals surface area contributed by atoms with Gasteiger partial charge in [-0.1, -0.05) is 194 Å². The van der Waals surface area contributed by atoms with Crippen molar-refractivity contribution >= 4 is 54.9 Å². The number of hydrogen-bond acceptors (Lipinski definition) is 4. The maximum Gasteiger partial charge on any atom is 0.164 e. The molecule has 0 saturated heterocycles. The Hall–Kier alpha value is -8.93. The Labute approximate surface area is 393 Å². The Morgan fingerprint density at radius 2 is 0.926 bits per heavy atom. The molecule has 320 valence electrons. The SMILES string of the molecule is C1=C(c2ccccc2)C[C@H](c2ccccc2)C=C1c1nc(-c2ccccc2)nc(-c2cc(-c3ccccc3)c(-n3c4ccccc4c4cc5oc6ccccc6c5cc43)c(-c3ccccc3)c2)n1. The first-order chi connectivity index (χ1) is 33.7. The molecule has 1 aliphatic carbocycles. The van der Waals surface area contributed by atoms with E-state index in [-0.39, 0.29) is 5.92 Å². The van der Waals surface area contributed by atoms with Crippen LogP contribution in [0, 0.1) is 0 Å². The lowest BCUT2D eigenvalue weighted by Crippen LogP contribution is -2.08. The fourth-order valence-electron chi connectivity index (χ4n) is 10.2. The molecule has 0 N–H and O–H groups in total. The van der Waals surface area contributed by atoms with E-state index in [0.29, 0.717) is 17.5 Å². The van der Waals surface area contributed by atoms with Crippen LogP contribution in [0.2, 0.25) is 0 Å².